The number of fused-ring (bicyclic) bond motifs is 1. The minimum atomic E-state index is 0.724. The molecular formula is C18H13N3O. The molecule has 106 valence electrons. The Morgan fingerprint density at radius 2 is 2.05 bits per heavy atom. The van der Waals surface area contributed by atoms with Gasteiger partial charge in [0.05, 0.1) is 6.20 Å². The number of nitrogens with one attached hydrogen (secondary N) is 1. The van der Waals surface area contributed by atoms with E-state index in [1.807, 2.05) is 36.7 Å². The van der Waals surface area contributed by atoms with E-state index < -0.39 is 0 Å². The summed E-state index contributed by atoms with van der Waals surface area (Å²) in [6, 6.07) is 10.2. The Morgan fingerprint density at radius 3 is 2.86 bits per heavy atom. The maximum absolute atomic E-state index is 5.40. The molecule has 22 heavy (non-hydrogen) atoms. The molecule has 0 atom stereocenters. The van der Waals surface area contributed by atoms with Crippen molar-refractivity contribution in [2.45, 2.75) is 0 Å². The molecule has 0 aliphatic carbocycles. The molecule has 0 saturated heterocycles. The topological polar surface area (TPSA) is 54.7 Å². The van der Waals surface area contributed by atoms with Crippen LogP contribution in [0.15, 0.2) is 66.3 Å². The van der Waals surface area contributed by atoms with Crippen molar-refractivity contribution < 1.29 is 4.42 Å². The van der Waals surface area contributed by atoms with Crippen LogP contribution in [0, 0.1) is 0 Å². The molecule has 0 radical (unpaired) electrons. The molecule has 3 heterocycles. The fourth-order valence-electron chi connectivity index (χ4n) is 2.64. The number of nitrogens with zero attached hydrogens (tertiary/aromatic N) is 2. The summed E-state index contributed by atoms with van der Waals surface area (Å²) >= 11 is 0. The molecule has 1 N–H and O–H groups in total. The molecule has 0 unspecified atom stereocenters. The third-order valence-corrected chi connectivity index (χ3v) is 3.72. The van der Waals surface area contributed by atoms with Gasteiger partial charge >= 0.3 is 0 Å². The SMILES string of the molecule is C=Cc1ccccc1-c1cnc2[nH]cc(-c3cnco3)c2c1. The van der Waals surface area contributed by atoms with Gasteiger partial charge in [-0.2, -0.15) is 0 Å². The highest BCUT2D eigenvalue weighted by molar-refractivity contribution is 5.95. The number of pyridine rings is 1. The third-order valence-electron chi connectivity index (χ3n) is 3.72. The Hall–Kier alpha value is -3.14. The van der Waals surface area contributed by atoms with Crippen LogP contribution >= 0.6 is 0 Å². The quantitative estimate of drug-likeness (QED) is 0.602. The molecule has 0 saturated carbocycles. The first-order chi connectivity index (χ1) is 10.9. The van der Waals surface area contributed by atoms with E-state index in [1.165, 1.54) is 6.39 Å². The van der Waals surface area contributed by atoms with Gasteiger partial charge in [-0.1, -0.05) is 36.9 Å². The van der Waals surface area contributed by atoms with Crippen LogP contribution in [0.1, 0.15) is 5.56 Å². The first kappa shape index (κ1) is 12.6. The van der Waals surface area contributed by atoms with E-state index >= 15 is 0 Å². The minimum Gasteiger partial charge on any atom is -0.443 e. The van der Waals surface area contributed by atoms with Crippen molar-refractivity contribution in [1.82, 2.24) is 15.0 Å². The summed E-state index contributed by atoms with van der Waals surface area (Å²) in [6.07, 6.45) is 8.74. The van der Waals surface area contributed by atoms with Crippen molar-refractivity contribution in [2.24, 2.45) is 0 Å². The van der Waals surface area contributed by atoms with Crippen LogP contribution in [0.25, 0.3) is 39.6 Å². The number of hydrogen-bond acceptors (Lipinski definition) is 3. The van der Waals surface area contributed by atoms with E-state index in [-0.39, 0.29) is 0 Å². The van der Waals surface area contributed by atoms with Crippen molar-refractivity contribution in [1.29, 1.82) is 0 Å². The summed E-state index contributed by atoms with van der Waals surface area (Å²) in [5, 5.41) is 1.01. The zero-order chi connectivity index (χ0) is 14.9. The van der Waals surface area contributed by atoms with E-state index in [4.69, 9.17) is 4.42 Å². The lowest BCUT2D eigenvalue weighted by Crippen LogP contribution is -1.85. The Bertz CT molecular complexity index is 952. The number of benzene rings is 1. The number of hydrogen-bond donors (Lipinski definition) is 1. The second kappa shape index (κ2) is 5.00. The Morgan fingerprint density at radius 1 is 1.14 bits per heavy atom. The van der Waals surface area contributed by atoms with Gasteiger partial charge in [-0.15, -0.1) is 0 Å². The largest absolute Gasteiger partial charge is 0.443 e. The number of oxazole rings is 1. The van der Waals surface area contributed by atoms with Gasteiger partial charge in [-0.3, -0.25) is 0 Å². The average molecular weight is 287 g/mol. The molecule has 4 nitrogen and oxygen atoms in total. The summed E-state index contributed by atoms with van der Waals surface area (Å²) < 4.78 is 5.40. The number of aromatic amines is 1. The van der Waals surface area contributed by atoms with Gasteiger partial charge in [0, 0.05) is 28.9 Å². The molecule has 0 fully saturated rings. The normalized spacial score (nSPS) is 10.9. The first-order valence-corrected chi connectivity index (χ1v) is 6.94. The maximum atomic E-state index is 5.40. The van der Waals surface area contributed by atoms with Gasteiger partial charge in [-0.25, -0.2) is 9.97 Å². The van der Waals surface area contributed by atoms with Crippen LogP contribution in [-0.4, -0.2) is 15.0 Å². The Labute approximate surface area is 127 Å². The molecular weight excluding hydrogens is 274 g/mol. The highest BCUT2D eigenvalue weighted by Gasteiger charge is 2.12. The smallest absolute Gasteiger partial charge is 0.181 e. The van der Waals surface area contributed by atoms with E-state index in [2.05, 4.69) is 33.7 Å². The Kier molecular flexibility index (Phi) is 2.86. The van der Waals surface area contributed by atoms with Gasteiger partial charge in [0.25, 0.3) is 0 Å². The molecule has 4 heteroatoms. The van der Waals surface area contributed by atoms with Crippen LogP contribution in [0.3, 0.4) is 0 Å². The third kappa shape index (κ3) is 1.93. The van der Waals surface area contributed by atoms with Crippen molar-refractivity contribution in [3.05, 3.63) is 67.5 Å². The molecule has 0 aliphatic rings. The fraction of sp³-hybridized carbons (Fsp3) is 0. The second-order valence-electron chi connectivity index (χ2n) is 4.98. The molecule has 0 bridgehead atoms. The molecule has 0 amide bonds. The lowest BCUT2D eigenvalue weighted by molar-refractivity contribution is 0.572. The molecule has 3 aromatic heterocycles. The highest BCUT2D eigenvalue weighted by Crippen LogP contribution is 2.32. The van der Waals surface area contributed by atoms with Gasteiger partial charge in [-0.05, 0) is 17.2 Å². The van der Waals surface area contributed by atoms with Crippen molar-refractivity contribution in [3.8, 4) is 22.5 Å². The molecule has 0 spiro atoms. The summed E-state index contributed by atoms with van der Waals surface area (Å²) in [6.45, 7) is 3.88. The maximum Gasteiger partial charge on any atom is 0.181 e. The highest BCUT2D eigenvalue weighted by atomic mass is 16.3. The monoisotopic (exact) mass is 287 g/mol. The summed E-state index contributed by atoms with van der Waals surface area (Å²) in [5.41, 5.74) is 5.02. The first-order valence-electron chi connectivity index (χ1n) is 6.94. The van der Waals surface area contributed by atoms with E-state index in [0.717, 1.165) is 39.0 Å². The summed E-state index contributed by atoms with van der Waals surface area (Å²) in [4.78, 5) is 11.7. The average Bonchev–Trinajstić information content (AvgIpc) is 3.23. The molecule has 4 aromatic rings. The van der Waals surface area contributed by atoms with Crippen LogP contribution < -0.4 is 0 Å². The number of aromatic nitrogens is 3. The predicted molar refractivity (Wildman–Crippen MR) is 87.1 cm³/mol. The van der Waals surface area contributed by atoms with Crippen LogP contribution in [0.2, 0.25) is 0 Å². The van der Waals surface area contributed by atoms with Crippen molar-refractivity contribution in [2.75, 3.05) is 0 Å². The van der Waals surface area contributed by atoms with E-state index in [0.29, 0.717) is 0 Å². The second-order valence-corrected chi connectivity index (χ2v) is 4.98. The van der Waals surface area contributed by atoms with Crippen LogP contribution in [0.4, 0.5) is 0 Å². The standard InChI is InChI=1S/C18H13N3O/c1-2-12-5-3-4-6-14(12)13-7-15-16(17-10-19-11-22-17)9-21-18(15)20-8-13/h2-11H,1H2,(H,20,21). The predicted octanol–water partition coefficient (Wildman–Crippen LogP) is 4.53. The Balaban J connectivity index is 1.94. The van der Waals surface area contributed by atoms with E-state index in [1.54, 1.807) is 6.20 Å². The van der Waals surface area contributed by atoms with Crippen molar-refractivity contribution >= 4 is 17.1 Å². The molecule has 4 rings (SSSR count). The lowest BCUT2D eigenvalue weighted by atomic mass is 10.00. The zero-order valence-corrected chi connectivity index (χ0v) is 11.8. The minimum absolute atomic E-state index is 0.724. The fourth-order valence-corrected chi connectivity index (χ4v) is 2.64. The number of rotatable bonds is 3. The van der Waals surface area contributed by atoms with E-state index in [9.17, 15) is 0 Å². The van der Waals surface area contributed by atoms with Gasteiger partial charge in [0.1, 0.15) is 5.65 Å². The lowest BCUT2D eigenvalue weighted by Gasteiger charge is -2.06. The van der Waals surface area contributed by atoms with Gasteiger partial charge in [0.15, 0.2) is 12.2 Å². The summed E-state index contributed by atoms with van der Waals surface area (Å²) in [7, 11) is 0. The van der Waals surface area contributed by atoms with Gasteiger partial charge in [0.2, 0.25) is 0 Å². The summed E-state index contributed by atoms with van der Waals surface area (Å²) in [5.74, 6) is 0.724. The molecule has 1 aromatic carbocycles. The van der Waals surface area contributed by atoms with Gasteiger partial charge < -0.3 is 9.40 Å². The van der Waals surface area contributed by atoms with Crippen LogP contribution in [-0.2, 0) is 0 Å². The molecule has 0 aliphatic heterocycles. The van der Waals surface area contributed by atoms with Crippen molar-refractivity contribution in [3.63, 3.8) is 0 Å². The number of H-pyrrole nitrogens is 1. The van der Waals surface area contributed by atoms with Crippen LogP contribution in [0.5, 0.6) is 0 Å². The zero-order valence-electron chi connectivity index (χ0n) is 11.8.